The normalized spacial score (nSPS) is 22.3. The van der Waals surface area contributed by atoms with Gasteiger partial charge in [-0.05, 0) is 118 Å². The average Bonchev–Trinajstić information content (AvgIpc) is 3.03. The molecular weight excluding hydrogens is 450 g/mol. The van der Waals surface area contributed by atoms with Crippen LogP contribution in [0.15, 0.2) is 40.2 Å². The zero-order valence-electron chi connectivity index (χ0n) is 20.4. The van der Waals surface area contributed by atoms with Crippen LogP contribution < -0.4 is 10.2 Å². The number of amides is 1. The topological polar surface area (TPSA) is 44.7 Å². The number of nitrogens with zero attached hydrogens (tertiary/aromatic N) is 2. The maximum Gasteiger partial charge on any atom is 0.264 e. The minimum atomic E-state index is -0.117. The number of benzene rings is 2. The summed E-state index contributed by atoms with van der Waals surface area (Å²) in [5.74, 6) is 0.337. The lowest BCUT2D eigenvalue weighted by Crippen LogP contribution is -2.51. The molecule has 4 nitrogen and oxygen atoms in total. The Morgan fingerprint density at radius 2 is 1.94 bits per heavy atom. The molecule has 2 aromatic carbocycles. The van der Waals surface area contributed by atoms with Crippen LogP contribution in [0.1, 0.15) is 69.2 Å². The highest BCUT2D eigenvalue weighted by molar-refractivity contribution is 8.18. The van der Waals surface area contributed by atoms with Gasteiger partial charge in [-0.2, -0.15) is 0 Å². The number of amidine groups is 1. The Hall–Kier alpha value is -2.24. The molecule has 4 rings (SSSR count). The fourth-order valence-electron chi connectivity index (χ4n) is 5.18. The first-order valence-electron chi connectivity index (χ1n) is 11.5. The summed E-state index contributed by atoms with van der Waals surface area (Å²) in [7, 11) is 0. The van der Waals surface area contributed by atoms with E-state index in [0.717, 1.165) is 23.2 Å². The summed E-state index contributed by atoms with van der Waals surface area (Å²) >= 11 is 7.50. The van der Waals surface area contributed by atoms with E-state index in [-0.39, 0.29) is 11.4 Å². The van der Waals surface area contributed by atoms with Crippen LogP contribution in [0, 0.1) is 13.8 Å². The van der Waals surface area contributed by atoms with Crippen LogP contribution in [0.2, 0.25) is 5.02 Å². The molecule has 174 valence electrons. The molecule has 1 saturated heterocycles. The number of fused-ring (bicyclic) bond motifs is 1. The minimum Gasteiger partial charge on any atom is -0.364 e. The van der Waals surface area contributed by atoms with Crippen LogP contribution in [0.5, 0.6) is 0 Å². The molecule has 0 spiro atoms. The van der Waals surface area contributed by atoms with E-state index < -0.39 is 0 Å². The molecule has 0 radical (unpaired) electrons. The third-order valence-electron chi connectivity index (χ3n) is 6.51. The lowest BCUT2D eigenvalue weighted by atomic mass is 9.78. The second-order valence-corrected chi connectivity index (χ2v) is 11.5. The van der Waals surface area contributed by atoms with Gasteiger partial charge >= 0.3 is 0 Å². The second kappa shape index (κ2) is 8.84. The van der Waals surface area contributed by atoms with Crippen molar-refractivity contribution < 1.29 is 4.79 Å². The van der Waals surface area contributed by atoms with Crippen molar-refractivity contribution in [3.63, 3.8) is 0 Å². The molecular formula is C27H32ClN3OS. The Morgan fingerprint density at radius 1 is 1.21 bits per heavy atom. The maximum atomic E-state index is 12.7. The van der Waals surface area contributed by atoms with Crippen molar-refractivity contribution in [3.05, 3.63) is 62.5 Å². The molecule has 6 heteroatoms. The Bertz CT molecular complexity index is 1180. The van der Waals surface area contributed by atoms with E-state index in [1.165, 1.54) is 28.6 Å². The zero-order chi connectivity index (χ0) is 24.1. The van der Waals surface area contributed by atoms with Gasteiger partial charge in [-0.3, -0.25) is 4.79 Å². The van der Waals surface area contributed by atoms with Gasteiger partial charge in [0.25, 0.3) is 5.91 Å². The molecule has 2 aromatic rings. The molecule has 0 aromatic heterocycles. The summed E-state index contributed by atoms with van der Waals surface area (Å²) < 4.78 is 0. The van der Waals surface area contributed by atoms with Gasteiger partial charge in [-0.1, -0.05) is 24.6 Å². The summed E-state index contributed by atoms with van der Waals surface area (Å²) in [6, 6.07) is 10.6. The first-order chi connectivity index (χ1) is 15.5. The number of nitrogens with one attached hydrogen (secondary N) is 1. The SMILES string of the molecule is Cc1cc2c(cc1/C=C1\SC(=Nc3cc(Cl)ccc3C)NC1=O)[C@@H](C)CC(C)(C)N2C(C)C. The van der Waals surface area contributed by atoms with Gasteiger partial charge in [0, 0.05) is 22.3 Å². The van der Waals surface area contributed by atoms with Gasteiger partial charge in [-0.15, -0.1) is 0 Å². The van der Waals surface area contributed by atoms with Crippen LogP contribution in [0.4, 0.5) is 11.4 Å². The number of hydrogen-bond acceptors (Lipinski definition) is 4. The van der Waals surface area contributed by atoms with Crippen LogP contribution >= 0.6 is 23.4 Å². The van der Waals surface area contributed by atoms with Crippen molar-refractivity contribution in [2.24, 2.45) is 4.99 Å². The third-order valence-corrected chi connectivity index (χ3v) is 7.66. The molecule has 0 unspecified atom stereocenters. The smallest absolute Gasteiger partial charge is 0.264 e. The first-order valence-corrected chi connectivity index (χ1v) is 12.7. The van der Waals surface area contributed by atoms with Crippen molar-refractivity contribution in [2.75, 3.05) is 4.90 Å². The number of carbonyl (C=O) groups is 1. The predicted molar refractivity (Wildman–Crippen MR) is 143 cm³/mol. The fraction of sp³-hybridized carbons (Fsp3) is 0.407. The summed E-state index contributed by atoms with van der Waals surface area (Å²) in [6.07, 6.45) is 3.09. The first kappa shape index (κ1) is 23.9. The molecule has 2 heterocycles. The molecule has 0 bridgehead atoms. The maximum absolute atomic E-state index is 12.7. The molecule has 33 heavy (non-hydrogen) atoms. The molecule has 1 fully saturated rings. The minimum absolute atomic E-state index is 0.109. The number of rotatable bonds is 3. The quantitative estimate of drug-likeness (QED) is 0.466. The Balaban J connectivity index is 1.69. The Kier molecular flexibility index (Phi) is 6.41. The standard InChI is InChI=1S/C27H32ClN3OS/c1-15(2)31-23-10-17(4)19(11-21(23)18(5)14-27(31,6)7)12-24-25(32)30-26(33-24)29-22-13-20(28)9-8-16(22)3/h8-13,15,18H,14H2,1-7H3,(H,29,30,32)/b24-12-/t18-/m0/s1. The van der Waals surface area contributed by atoms with Gasteiger partial charge in [0.1, 0.15) is 0 Å². The number of hydrogen-bond donors (Lipinski definition) is 1. The highest BCUT2D eigenvalue weighted by Gasteiger charge is 2.38. The number of carbonyl (C=O) groups excluding carboxylic acids is 1. The number of halogens is 1. The Labute approximate surface area is 206 Å². The number of aryl methyl sites for hydroxylation is 2. The van der Waals surface area contributed by atoms with Crippen LogP contribution in [0.3, 0.4) is 0 Å². The van der Waals surface area contributed by atoms with Gasteiger partial charge in [0.05, 0.1) is 10.6 Å². The van der Waals surface area contributed by atoms with Crippen molar-refractivity contribution >= 4 is 51.9 Å². The number of thioether (sulfide) groups is 1. The van der Waals surface area contributed by atoms with Gasteiger partial charge < -0.3 is 10.2 Å². The molecule has 0 saturated carbocycles. The highest BCUT2D eigenvalue weighted by atomic mass is 35.5. The molecule has 1 amide bonds. The van der Waals surface area contributed by atoms with Crippen molar-refractivity contribution in [2.45, 2.75) is 72.4 Å². The van der Waals surface area contributed by atoms with Gasteiger partial charge in [0.2, 0.25) is 0 Å². The predicted octanol–water partition coefficient (Wildman–Crippen LogP) is 7.35. The zero-order valence-corrected chi connectivity index (χ0v) is 22.0. The third kappa shape index (κ3) is 4.71. The largest absolute Gasteiger partial charge is 0.364 e. The molecule has 1 N–H and O–H groups in total. The van der Waals surface area contributed by atoms with E-state index in [2.05, 4.69) is 68.9 Å². The van der Waals surface area contributed by atoms with E-state index in [9.17, 15) is 4.79 Å². The van der Waals surface area contributed by atoms with Crippen LogP contribution in [0.25, 0.3) is 6.08 Å². The molecule has 2 aliphatic heterocycles. The summed E-state index contributed by atoms with van der Waals surface area (Å²) in [5.41, 5.74) is 6.81. The Morgan fingerprint density at radius 3 is 2.64 bits per heavy atom. The summed E-state index contributed by atoms with van der Waals surface area (Å²) in [4.78, 5) is 20.5. The van der Waals surface area contributed by atoms with Crippen molar-refractivity contribution in [1.82, 2.24) is 5.32 Å². The summed E-state index contributed by atoms with van der Waals surface area (Å²) in [6.45, 7) is 15.6. The van der Waals surface area contributed by atoms with E-state index in [1.807, 2.05) is 31.2 Å². The fourth-order valence-corrected chi connectivity index (χ4v) is 6.17. The van der Waals surface area contributed by atoms with E-state index in [4.69, 9.17) is 11.6 Å². The summed E-state index contributed by atoms with van der Waals surface area (Å²) in [5, 5.41) is 4.10. The lowest BCUT2D eigenvalue weighted by Gasteiger charge is -2.50. The van der Waals surface area contributed by atoms with Gasteiger partial charge in [0.15, 0.2) is 5.17 Å². The van der Waals surface area contributed by atoms with E-state index in [1.54, 1.807) is 0 Å². The van der Waals surface area contributed by atoms with Crippen LogP contribution in [-0.2, 0) is 4.79 Å². The van der Waals surface area contributed by atoms with Crippen molar-refractivity contribution in [1.29, 1.82) is 0 Å². The van der Waals surface area contributed by atoms with E-state index >= 15 is 0 Å². The van der Waals surface area contributed by atoms with E-state index in [0.29, 0.717) is 27.1 Å². The highest BCUT2D eigenvalue weighted by Crippen LogP contribution is 2.46. The number of aliphatic imine (C=N–C) groups is 1. The lowest BCUT2D eigenvalue weighted by molar-refractivity contribution is -0.115. The molecule has 2 aliphatic rings. The van der Waals surface area contributed by atoms with Gasteiger partial charge in [-0.25, -0.2) is 4.99 Å². The van der Waals surface area contributed by atoms with Crippen LogP contribution in [-0.4, -0.2) is 22.7 Å². The van der Waals surface area contributed by atoms with Crippen molar-refractivity contribution in [3.8, 4) is 0 Å². The molecule has 1 atom stereocenters. The average molecular weight is 482 g/mol. The monoisotopic (exact) mass is 481 g/mol. The molecule has 0 aliphatic carbocycles. The second-order valence-electron chi connectivity index (χ2n) is 10.1. The number of anilines is 1.